The molecule has 0 atom stereocenters. The topological polar surface area (TPSA) is 35.2 Å². The summed E-state index contributed by atoms with van der Waals surface area (Å²) >= 11 is 3.55. The van der Waals surface area contributed by atoms with Crippen LogP contribution in [0.2, 0.25) is 0 Å². The Morgan fingerprint density at radius 2 is 2.07 bits per heavy atom. The van der Waals surface area contributed by atoms with Crippen LogP contribution in [0, 0.1) is 6.92 Å². The Labute approximate surface area is 92.6 Å². The Kier molecular flexibility index (Phi) is 2.32. The highest BCUT2D eigenvalue weighted by Gasteiger charge is 2.42. The molecule has 0 radical (unpaired) electrons. The molecule has 1 saturated carbocycles. The molecule has 1 fully saturated rings. The van der Waals surface area contributed by atoms with Gasteiger partial charge in [0.2, 0.25) is 0 Å². The van der Waals surface area contributed by atoms with Gasteiger partial charge in [0.05, 0.1) is 11.6 Å². The Balaban J connectivity index is 2.54. The number of methoxy groups -OCH3 is 1. The predicted octanol–water partition coefficient (Wildman–Crippen LogP) is 2.71. The van der Waals surface area contributed by atoms with Gasteiger partial charge in [0, 0.05) is 5.54 Å². The fourth-order valence-electron chi connectivity index (χ4n) is 1.65. The van der Waals surface area contributed by atoms with Gasteiger partial charge in [0.25, 0.3) is 0 Å². The van der Waals surface area contributed by atoms with E-state index in [4.69, 9.17) is 10.5 Å². The van der Waals surface area contributed by atoms with Crippen LogP contribution in [0.4, 0.5) is 0 Å². The molecule has 1 aromatic carbocycles. The van der Waals surface area contributed by atoms with Crippen molar-refractivity contribution >= 4 is 15.9 Å². The molecular formula is C11H14BrNO. The molecule has 2 nitrogen and oxygen atoms in total. The van der Waals surface area contributed by atoms with E-state index in [1.807, 2.05) is 6.07 Å². The number of aryl methyl sites for hydroxylation is 1. The first-order chi connectivity index (χ1) is 6.57. The molecule has 0 aromatic heterocycles. The second-order valence-corrected chi connectivity index (χ2v) is 4.78. The minimum atomic E-state index is -0.113. The number of benzene rings is 1. The molecule has 1 aliphatic rings. The second-order valence-electron chi connectivity index (χ2n) is 3.98. The maximum absolute atomic E-state index is 6.18. The third-order valence-electron chi connectivity index (χ3n) is 2.73. The molecule has 1 aliphatic carbocycles. The number of nitrogens with two attached hydrogens (primary N) is 1. The van der Waals surface area contributed by atoms with Crippen LogP contribution >= 0.6 is 15.9 Å². The lowest BCUT2D eigenvalue weighted by molar-refractivity contribution is 0.410. The maximum atomic E-state index is 6.18. The molecule has 14 heavy (non-hydrogen) atoms. The summed E-state index contributed by atoms with van der Waals surface area (Å²) in [5, 5.41) is 0. The summed E-state index contributed by atoms with van der Waals surface area (Å²) in [5.41, 5.74) is 8.43. The minimum absolute atomic E-state index is 0.113. The van der Waals surface area contributed by atoms with Gasteiger partial charge in [-0.2, -0.15) is 0 Å². The highest BCUT2D eigenvalue weighted by Crippen LogP contribution is 2.48. The summed E-state index contributed by atoms with van der Waals surface area (Å²) in [6.07, 6.45) is 2.14. The van der Waals surface area contributed by atoms with Gasteiger partial charge in [-0.25, -0.2) is 0 Å². The highest BCUT2D eigenvalue weighted by molar-refractivity contribution is 9.10. The van der Waals surface area contributed by atoms with E-state index in [9.17, 15) is 0 Å². The zero-order valence-corrected chi connectivity index (χ0v) is 10.0. The maximum Gasteiger partial charge on any atom is 0.133 e. The first-order valence-corrected chi connectivity index (χ1v) is 5.49. The van der Waals surface area contributed by atoms with E-state index in [0.29, 0.717) is 0 Å². The van der Waals surface area contributed by atoms with Crippen molar-refractivity contribution in [2.45, 2.75) is 25.3 Å². The van der Waals surface area contributed by atoms with Gasteiger partial charge in [0.1, 0.15) is 5.75 Å². The van der Waals surface area contributed by atoms with Crippen LogP contribution in [0.25, 0.3) is 0 Å². The molecule has 0 amide bonds. The number of hydrogen-bond donors (Lipinski definition) is 1. The van der Waals surface area contributed by atoms with Crippen LogP contribution in [0.15, 0.2) is 16.6 Å². The molecule has 1 aromatic rings. The van der Waals surface area contributed by atoms with Gasteiger partial charge in [-0.05, 0) is 52.9 Å². The van der Waals surface area contributed by atoms with Crippen LogP contribution in [-0.2, 0) is 5.54 Å². The van der Waals surface area contributed by atoms with Crippen molar-refractivity contribution < 1.29 is 4.74 Å². The van der Waals surface area contributed by atoms with E-state index in [2.05, 4.69) is 28.9 Å². The third kappa shape index (κ3) is 1.55. The van der Waals surface area contributed by atoms with Gasteiger partial charge in [-0.15, -0.1) is 0 Å². The molecule has 0 unspecified atom stereocenters. The number of halogens is 1. The van der Waals surface area contributed by atoms with Crippen molar-refractivity contribution in [3.05, 3.63) is 27.7 Å². The summed E-state index contributed by atoms with van der Waals surface area (Å²) < 4.78 is 6.29. The fourth-order valence-corrected chi connectivity index (χ4v) is 2.44. The normalized spacial score (nSPS) is 18.0. The molecule has 0 bridgehead atoms. The molecule has 0 aliphatic heterocycles. The van der Waals surface area contributed by atoms with Crippen molar-refractivity contribution in [2.75, 3.05) is 7.11 Å². The third-order valence-corrected chi connectivity index (χ3v) is 3.55. The van der Waals surface area contributed by atoms with Crippen molar-refractivity contribution in [1.82, 2.24) is 0 Å². The lowest BCUT2D eigenvalue weighted by Gasteiger charge is -2.15. The number of ether oxygens (including phenoxy) is 1. The van der Waals surface area contributed by atoms with Crippen LogP contribution < -0.4 is 10.5 Å². The van der Waals surface area contributed by atoms with Crippen LogP contribution in [0.3, 0.4) is 0 Å². The van der Waals surface area contributed by atoms with Gasteiger partial charge in [-0.1, -0.05) is 6.07 Å². The Morgan fingerprint density at radius 1 is 1.43 bits per heavy atom. The minimum Gasteiger partial charge on any atom is -0.496 e. The van der Waals surface area contributed by atoms with Crippen molar-refractivity contribution in [3.63, 3.8) is 0 Å². The molecule has 0 spiro atoms. The first-order valence-electron chi connectivity index (χ1n) is 4.70. The molecule has 3 heteroatoms. The largest absolute Gasteiger partial charge is 0.496 e. The average molecular weight is 256 g/mol. The molecule has 2 rings (SSSR count). The van der Waals surface area contributed by atoms with E-state index in [1.165, 1.54) is 11.1 Å². The highest BCUT2D eigenvalue weighted by atomic mass is 79.9. The molecular weight excluding hydrogens is 242 g/mol. The zero-order chi connectivity index (χ0) is 10.3. The van der Waals surface area contributed by atoms with E-state index >= 15 is 0 Å². The summed E-state index contributed by atoms with van der Waals surface area (Å²) in [6, 6.07) is 4.15. The van der Waals surface area contributed by atoms with Crippen molar-refractivity contribution in [1.29, 1.82) is 0 Å². The summed E-state index contributed by atoms with van der Waals surface area (Å²) in [7, 11) is 1.68. The summed E-state index contributed by atoms with van der Waals surface area (Å²) in [5.74, 6) is 0.872. The fraction of sp³-hybridized carbons (Fsp3) is 0.455. The van der Waals surface area contributed by atoms with Crippen LogP contribution in [0.1, 0.15) is 24.0 Å². The number of rotatable bonds is 2. The van der Waals surface area contributed by atoms with E-state index in [0.717, 1.165) is 23.1 Å². The monoisotopic (exact) mass is 255 g/mol. The van der Waals surface area contributed by atoms with Crippen molar-refractivity contribution in [2.24, 2.45) is 5.73 Å². The van der Waals surface area contributed by atoms with Crippen LogP contribution in [-0.4, -0.2) is 7.11 Å². The predicted molar refractivity (Wildman–Crippen MR) is 60.5 cm³/mol. The van der Waals surface area contributed by atoms with E-state index in [1.54, 1.807) is 7.11 Å². The molecule has 0 heterocycles. The first kappa shape index (κ1) is 9.99. The van der Waals surface area contributed by atoms with Gasteiger partial charge < -0.3 is 10.5 Å². The smallest absolute Gasteiger partial charge is 0.133 e. The Morgan fingerprint density at radius 3 is 2.57 bits per heavy atom. The van der Waals surface area contributed by atoms with Crippen molar-refractivity contribution in [3.8, 4) is 5.75 Å². The number of hydrogen-bond acceptors (Lipinski definition) is 2. The van der Waals surface area contributed by atoms with E-state index < -0.39 is 0 Å². The van der Waals surface area contributed by atoms with Gasteiger partial charge in [0.15, 0.2) is 0 Å². The quantitative estimate of drug-likeness (QED) is 0.882. The Bertz CT molecular complexity index is 372. The van der Waals surface area contributed by atoms with E-state index in [-0.39, 0.29) is 5.54 Å². The lowest BCUT2D eigenvalue weighted by Crippen LogP contribution is -2.19. The Hall–Kier alpha value is -0.540. The lowest BCUT2D eigenvalue weighted by atomic mass is 10.0. The standard InChI is InChI=1S/C11H14BrNO/c1-7-5-8(11(13)3-4-11)10(12)9(6-7)14-2/h5-6H,3-4,13H2,1-2H3. The molecule has 0 saturated heterocycles. The van der Waals surface area contributed by atoms with Gasteiger partial charge in [-0.3, -0.25) is 0 Å². The molecule has 76 valence electrons. The van der Waals surface area contributed by atoms with Gasteiger partial charge >= 0.3 is 0 Å². The van der Waals surface area contributed by atoms with Crippen LogP contribution in [0.5, 0.6) is 5.75 Å². The summed E-state index contributed by atoms with van der Waals surface area (Å²) in [6.45, 7) is 2.06. The second kappa shape index (κ2) is 3.24. The SMILES string of the molecule is COc1cc(C)cc(C2(N)CC2)c1Br. The summed E-state index contributed by atoms with van der Waals surface area (Å²) in [4.78, 5) is 0. The molecule has 2 N–H and O–H groups in total. The average Bonchev–Trinajstić information content (AvgIpc) is 2.88. The zero-order valence-electron chi connectivity index (χ0n) is 8.43.